The van der Waals surface area contributed by atoms with Gasteiger partial charge in [0.25, 0.3) is 5.56 Å². The van der Waals surface area contributed by atoms with Crippen LogP contribution in [-0.2, 0) is 17.5 Å². The van der Waals surface area contributed by atoms with Gasteiger partial charge < -0.3 is 14.0 Å². The van der Waals surface area contributed by atoms with Crippen LogP contribution in [0.3, 0.4) is 0 Å². The molecule has 0 fully saturated rings. The molecule has 4 aromatic rings. The van der Waals surface area contributed by atoms with Gasteiger partial charge in [-0.3, -0.25) is 10.1 Å². The summed E-state index contributed by atoms with van der Waals surface area (Å²) in [6.45, 7) is 3.75. The number of methoxy groups -OCH3 is 1. The van der Waals surface area contributed by atoms with Gasteiger partial charge in [-0.2, -0.15) is 18.4 Å². The summed E-state index contributed by atoms with van der Waals surface area (Å²) in [7, 11) is 1.25. The first kappa shape index (κ1) is 28.0. The number of aromatic nitrogens is 1. The van der Waals surface area contributed by atoms with E-state index in [1.165, 1.54) is 17.7 Å². The van der Waals surface area contributed by atoms with Crippen molar-refractivity contribution in [2.45, 2.75) is 26.6 Å². The molecule has 0 aliphatic heterocycles. The number of aryl methyl sites for hydroxylation is 2. The van der Waals surface area contributed by atoms with Gasteiger partial charge in [0, 0.05) is 5.69 Å². The Hall–Kier alpha value is -5.04. The number of rotatable bonds is 6. The van der Waals surface area contributed by atoms with E-state index in [2.05, 4.69) is 10.1 Å². The zero-order chi connectivity index (χ0) is 29.0. The maximum Gasteiger partial charge on any atom is 0.417 e. The molecule has 3 aromatic carbocycles. The predicted molar refractivity (Wildman–Crippen MR) is 143 cm³/mol. The first-order valence-corrected chi connectivity index (χ1v) is 12.0. The molecule has 204 valence electrons. The van der Waals surface area contributed by atoms with Gasteiger partial charge in [-0.1, -0.05) is 23.8 Å². The Kier molecular flexibility index (Phi) is 7.95. The molecule has 0 aliphatic rings. The van der Waals surface area contributed by atoms with Gasteiger partial charge in [0.1, 0.15) is 23.1 Å². The number of nitriles is 1. The van der Waals surface area contributed by atoms with Gasteiger partial charge in [-0.15, -0.1) is 0 Å². The average Bonchev–Trinajstić information content (AvgIpc) is 2.91. The number of nitrogens with one attached hydrogen (secondary N) is 1. The number of carbonyl (C=O) groups excluding carboxylic acids is 1. The highest BCUT2D eigenvalue weighted by Gasteiger charge is 2.36. The lowest BCUT2D eigenvalue weighted by molar-refractivity contribution is -0.137. The minimum absolute atomic E-state index is 0.0149. The van der Waals surface area contributed by atoms with E-state index in [-0.39, 0.29) is 12.2 Å². The van der Waals surface area contributed by atoms with E-state index >= 15 is 0 Å². The van der Waals surface area contributed by atoms with E-state index in [1.54, 1.807) is 48.5 Å². The highest BCUT2D eigenvalue weighted by atomic mass is 19.4. The number of hydrogen-bond acceptors (Lipinski definition) is 5. The fourth-order valence-corrected chi connectivity index (χ4v) is 4.17. The third kappa shape index (κ3) is 6.15. The Morgan fingerprint density at radius 1 is 0.975 bits per heavy atom. The van der Waals surface area contributed by atoms with Gasteiger partial charge in [-0.25, -0.2) is 4.79 Å². The zero-order valence-corrected chi connectivity index (χ0v) is 21.8. The molecule has 1 heterocycles. The van der Waals surface area contributed by atoms with Crippen molar-refractivity contribution in [2.75, 3.05) is 12.4 Å². The molecule has 0 atom stereocenters. The molecule has 0 unspecified atom stereocenters. The molecule has 0 bridgehead atoms. The molecule has 7 nitrogen and oxygen atoms in total. The van der Waals surface area contributed by atoms with Crippen molar-refractivity contribution in [3.8, 4) is 28.8 Å². The van der Waals surface area contributed by atoms with Crippen molar-refractivity contribution in [3.63, 3.8) is 0 Å². The molecule has 0 saturated carbocycles. The number of nitrogens with zero attached hydrogens (tertiary/aromatic N) is 2. The Labute approximate surface area is 228 Å². The van der Waals surface area contributed by atoms with E-state index < -0.39 is 29.0 Å². The van der Waals surface area contributed by atoms with Crippen LogP contribution in [0, 0.1) is 25.2 Å². The molecule has 40 heavy (non-hydrogen) atoms. The molecule has 0 spiro atoms. The Bertz CT molecular complexity index is 1650. The van der Waals surface area contributed by atoms with Crippen molar-refractivity contribution < 1.29 is 27.4 Å². The number of pyridine rings is 1. The van der Waals surface area contributed by atoms with E-state index in [0.717, 1.165) is 22.8 Å². The van der Waals surface area contributed by atoms with E-state index in [1.807, 2.05) is 32.0 Å². The first-order valence-electron chi connectivity index (χ1n) is 12.0. The first-order chi connectivity index (χ1) is 19.0. The number of halogens is 3. The predicted octanol–water partition coefficient (Wildman–Crippen LogP) is 7.04. The van der Waals surface area contributed by atoms with Gasteiger partial charge in [0.15, 0.2) is 0 Å². The summed E-state index contributed by atoms with van der Waals surface area (Å²) in [6, 6.07) is 20.6. The molecular formula is C30H24F3N3O4. The maximum absolute atomic E-state index is 13.9. The maximum atomic E-state index is 13.9. The summed E-state index contributed by atoms with van der Waals surface area (Å²) < 4.78 is 53.1. The van der Waals surface area contributed by atoms with Crippen LogP contribution in [0.2, 0.25) is 0 Å². The zero-order valence-electron chi connectivity index (χ0n) is 21.8. The molecule has 0 radical (unpaired) electrons. The fraction of sp³-hybridized carbons (Fsp3) is 0.167. The van der Waals surface area contributed by atoms with Crippen LogP contribution in [0.1, 0.15) is 27.8 Å². The van der Waals surface area contributed by atoms with Crippen LogP contribution in [0.25, 0.3) is 11.3 Å². The highest BCUT2D eigenvalue weighted by molar-refractivity contribution is 5.84. The lowest BCUT2D eigenvalue weighted by Crippen LogP contribution is -2.29. The van der Waals surface area contributed by atoms with E-state index in [0.29, 0.717) is 22.7 Å². The van der Waals surface area contributed by atoms with Crippen LogP contribution in [0.4, 0.5) is 23.7 Å². The molecule has 4 rings (SSSR count). The van der Waals surface area contributed by atoms with Crippen molar-refractivity contribution >= 4 is 11.8 Å². The standard InChI is InChI=1S/C30H24F3N3O4/c1-18-4-5-21(19(2)14-18)17-36-27(15-26(30(31,32)33)25(16-34)28(36)37)20-6-10-23(11-7-20)40-24-12-8-22(9-13-24)35-29(38)39-3/h4-15H,17H2,1-3H3,(H,35,38). The highest BCUT2D eigenvalue weighted by Crippen LogP contribution is 2.34. The quantitative estimate of drug-likeness (QED) is 0.279. The van der Waals surface area contributed by atoms with Crippen LogP contribution in [-0.4, -0.2) is 17.8 Å². The van der Waals surface area contributed by atoms with E-state index in [9.17, 15) is 28.0 Å². The summed E-state index contributed by atoms with van der Waals surface area (Å²) >= 11 is 0. The van der Waals surface area contributed by atoms with Crippen LogP contribution in [0.5, 0.6) is 11.5 Å². The van der Waals surface area contributed by atoms with Crippen LogP contribution in [0.15, 0.2) is 77.6 Å². The Morgan fingerprint density at radius 2 is 1.60 bits per heavy atom. The van der Waals surface area contributed by atoms with Gasteiger partial charge in [0.05, 0.1) is 24.9 Å². The van der Waals surface area contributed by atoms with Gasteiger partial charge in [-0.05, 0) is 85.1 Å². The van der Waals surface area contributed by atoms with Gasteiger partial charge in [0.2, 0.25) is 0 Å². The molecule has 1 amide bonds. The minimum atomic E-state index is -4.89. The monoisotopic (exact) mass is 547 g/mol. The van der Waals surface area contributed by atoms with Crippen molar-refractivity contribution in [1.29, 1.82) is 5.26 Å². The average molecular weight is 548 g/mol. The van der Waals surface area contributed by atoms with Crippen molar-refractivity contribution in [2.24, 2.45) is 0 Å². The van der Waals surface area contributed by atoms with E-state index in [4.69, 9.17) is 4.74 Å². The molecular weight excluding hydrogens is 523 g/mol. The largest absolute Gasteiger partial charge is 0.457 e. The second-order valence-electron chi connectivity index (χ2n) is 9.02. The third-order valence-corrected chi connectivity index (χ3v) is 6.22. The molecule has 1 N–H and O–H groups in total. The summed E-state index contributed by atoms with van der Waals surface area (Å²) in [5, 5.41) is 12.0. The summed E-state index contributed by atoms with van der Waals surface area (Å²) in [4.78, 5) is 24.6. The number of anilines is 1. The van der Waals surface area contributed by atoms with Crippen molar-refractivity contribution in [1.82, 2.24) is 4.57 Å². The number of benzene rings is 3. The fourth-order valence-electron chi connectivity index (χ4n) is 4.17. The van der Waals surface area contributed by atoms with Crippen molar-refractivity contribution in [3.05, 3.63) is 111 Å². The minimum Gasteiger partial charge on any atom is -0.457 e. The molecule has 1 aromatic heterocycles. The molecule has 0 saturated heterocycles. The summed E-state index contributed by atoms with van der Waals surface area (Å²) in [6.07, 6.45) is -5.51. The lowest BCUT2D eigenvalue weighted by atomic mass is 10.0. The SMILES string of the molecule is COC(=O)Nc1ccc(Oc2ccc(-c3cc(C(F)(F)F)c(C#N)c(=O)n3Cc3ccc(C)cc3C)cc2)cc1. The van der Waals surface area contributed by atoms with Crippen LogP contribution >= 0.6 is 0 Å². The third-order valence-electron chi connectivity index (χ3n) is 6.22. The Balaban J connectivity index is 1.72. The second-order valence-corrected chi connectivity index (χ2v) is 9.02. The topological polar surface area (TPSA) is 93.3 Å². The number of amides is 1. The lowest BCUT2D eigenvalue weighted by Gasteiger charge is -2.19. The number of carbonyl (C=O) groups is 1. The van der Waals surface area contributed by atoms with Crippen LogP contribution < -0.4 is 15.6 Å². The number of hydrogen-bond donors (Lipinski definition) is 1. The molecule has 0 aliphatic carbocycles. The number of alkyl halides is 3. The molecule has 10 heteroatoms. The summed E-state index contributed by atoms with van der Waals surface area (Å²) in [5.74, 6) is 0.845. The normalized spacial score (nSPS) is 11.0. The second kappa shape index (κ2) is 11.4. The smallest absolute Gasteiger partial charge is 0.417 e. The summed E-state index contributed by atoms with van der Waals surface area (Å²) in [5.41, 5.74) is 0.201. The number of ether oxygens (including phenoxy) is 2. The Morgan fingerprint density at radius 3 is 2.15 bits per heavy atom. The van der Waals surface area contributed by atoms with Gasteiger partial charge >= 0.3 is 12.3 Å².